The van der Waals surface area contributed by atoms with Gasteiger partial charge in [-0.25, -0.2) is 0 Å². The fourth-order valence-electron chi connectivity index (χ4n) is 2.34. The van der Waals surface area contributed by atoms with Crippen molar-refractivity contribution in [2.24, 2.45) is 5.73 Å². The van der Waals surface area contributed by atoms with Crippen molar-refractivity contribution < 1.29 is 9.53 Å². The topological polar surface area (TPSA) is 55.6 Å². The second-order valence-electron chi connectivity index (χ2n) is 4.96. The zero-order valence-electron chi connectivity index (χ0n) is 9.86. The van der Waals surface area contributed by atoms with E-state index in [9.17, 15) is 4.79 Å². The van der Waals surface area contributed by atoms with Gasteiger partial charge in [0.1, 0.15) is 6.61 Å². The molecule has 1 aliphatic carbocycles. The van der Waals surface area contributed by atoms with E-state index < -0.39 is 0 Å². The molecule has 0 aromatic carbocycles. The van der Waals surface area contributed by atoms with Gasteiger partial charge in [-0.15, -0.1) is 0 Å². The van der Waals surface area contributed by atoms with Gasteiger partial charge in [0.2, 0.25) is 5.91 Å². The number of likely N-dealkylation sites (tertiary alicyclic amines) is 1. The Morgan fingerprint density at radius 3 is 2.38 bits per heavy atom. The molecule has 0 bridgehead atoms. The Labute approximate surface area is 97.1 Å². The van der Waals surface area contributed by atoms with Gasteiger partial charge in [0.05, 0.1) is 6.10 Å². The molecule has 4 nitrogen and oxygen atoms in total. The van der Waals surface area contributed by atoms with Crippen molar-refractivity contribution in [2.45, 2.75) is 50.7 Å². The van der Waals surface area contributed by atoms with Crippen LogP contribution >= 0.6 is 0 Å². The van der Waals surface area contributed by atoms with Crippen LogP contribution in [0.15, 0.2) is 0 Å². The first-order valence-corrected chi connectivity index (χ1v) is 6.40. The molecule has 92 valence electrons. The number of ether oxygens (including phenoxy) is 1. The first-order chi connectivity index (χ1) is 7.75. The van der Waals surface area contributed by atoms with Gasteiger partial charge in [0.15, 0.2) is 0 Å². The fourth-order valence-corrected chi connectivity index (χ4v) is 2.34. The Morgan fingerprint density at radius 1 is 1.19 bits per heavy atom. The minimum atomic E-state index is 0.155. The molecule has 1 aliphatic heterocycles. The first kappa shape index (κ1) is 11.9. The molecule has 2 fully saturated rings. The molecule has 1 amide bonds. The highest BCUT2D eigenvalue weighted by Crippen LogP contribution is 2.21. The molecule has 2 aliphatic rings. The van der Waals surface area contributed by atoms with Gasteiger partial charge in [0.25, 0.3) is 0 Å². The van der Waals surface area contributed by atoms with Crippen molar-refractivity contribution in [3.63, 3.8) is 0 Å². The monoisotopic (exact) mass is 226 g/mol. The van der Waals surface area contributed by atoms with Crippen LogP contribution in [0.5, 0.6) is 0 Å². The maximum atomic E-state index is 11.8. The predicted octanol–water partition coefficient (Wildman–Crippen LogP) is 0.895. The lowest BCUT2D eigenvalue weighted by molar-refractivity contribution is -0.140. The number of carbonyl (C=O) groups is 1. The third-order valence-electron chi connectivity index (χ3n) is 3.53. The predicted molar refractivity (Wildman–Crippen MR) is 62.0 cm³/mol. The molecule has 0 spiro atoms. The van der Waals surface area contributed by atoms with Crippen molar-refractivity contribution in [1.82, 2.24) is 4.90 Å². The Morgan fingerprint density at radius 2 is 1.81 bits per heavy atom. The number of rotatable bonds is 3. The fraction of sp³-hybridized carbons (Fsp3) is 0.917. The molecule has 0 aromatic rings. The van der Waals surface area contributed by atoms with E-state index in [1.807, 2.05) is 4.90 Å². The number of nitrogens with two attached hydrogens (primary N) is 1. The average molecular weight is 226 g/mol. The summed E-state index contributed by atoms with van der Waals surface area (Å²) in [5, 5.41) is 0. The molecule has 1 heterocycles. The summed E-state index contributed by atoms with van der Waals surface area (Å²) in [7, 11) is 0. The summed E-state index contributed by atoms with van der Waals surface area (Å²) in [6, 6.07) is 0.290. The Hall–Kier alpha value is -0.610. The average Bonchev–Trinajstić information content (AvgIpc) is 2.50. The van der Waals surface area contributed by atoms with Gasteiger partial charge in [-0.1, -0.05) is 12.8 Å². The lowest BCUT2D eigenvalue weighted by Crippen LogP contribution is -2.44. The molecule has 2 rings (SSSR count). The highest BCUT2D eigenvalue weighted by atomic mass is 16.5. The SMILES string of the molecule is NC1CC(OCC(=O)N2CCCCCC2)C1. The van der Waals surface area contributed by atoms with E-state index in [-0.39, 0.29) is 18.6 Å². The van der Waals surface area contributed by atoms with E-state index in [0.717, 1.165) is 38.8 Å². The van der Waals surface area contributed by atoms with Crippen molar-refractivity contribution in [1.29, 1.82) is 0 Å². The van der Waals surface area contributed by atoms with Crippen LogP contribution in [0.3, 0.4) is 0 Å². The lowest BCUT2D eigenvalue weighted by Gasteiger charge is -2.32. The normalized spacial score (nSPS) is 30.7. The standard InChI is InChI=1S/C12H22N2O2/c13-10-7-11(8-10)16-9-12(15)14-5-3-1-2-4-6-14/h10-11H,1-9,13H2. The molecule has 0 aromatic heterocycles. The van der Waals surface area contributed by atoms with Crippen LogP contribution in [0.1, 0.15) is 38.5 Å². The largest absolute Gasteiger partial charge is 0.368 e. The molecular formula is C12H22N2O2. The smallest absolute Gasteiger partial charge is 0.248 e. The zero-order chi connectivity index (χ0) is 11.4. The second-order valence-corrected chi connectivity index (χ2v) is 4.96. The molecule has 0 atom stereocenters. The van der Waals surface area contributed by atoms with Gasteiger partial charge in [-0.05, 0) is 25.7 Å². The van der Waals surface area contributed by atoms with Crippen LogP contribution in [-0.4, -0.2) is 42.6 Å². The zero-order valence-corrected chi connectivity index (χ0v) is 9.86. The molecule has 1 saturated heterocycles. The van der Waals surface area contributed by atoms with E-state index in [0.29, 0.717) is 6.04 Å². The number of hydrogen-bond donors (Lipinski definition) is 1. The Balaban J connectivity index is 1.66. The van der Waals surface area contributed by atoms with Crippen LogP contribution < -0.4 is 5.73 Å². The molecule has 0 unspecified atom stereocenters. The van der Waals surface area contributed by atoms with Crippen LogP contribution in [-0.2, 0) is 9.53 Å². The van der Waals surface area contributed by atoms with Crippen LogP contribution in [0.4, 0.5) is 0 Å². The summed E-state index contributed by atoms with van der Waals surface area (Å²) < 4.78 is 5.53. The maximum Gasteiger partial charge on any atom is 0.248 e. The molecule has 4 heteroatoms. The second kappa shape index (κ2) is 5.64. The molecule has 0 radical (unpaired) electrons. The maximum absolute atomic E-state index is 11.8. The Kier molecular flexibility index (Phi) is 4.18. The van der Waals surface area contributed by atoms with E-state index in [1.165, 1.54) is 12.8 Å². The minimum Gasteiger partial charge on any atom is -0.368 e. The van der Waals surface area contributed by atoms with Crippen molar-refractivity contribution >= 4 is 5.91 Å². The summed E-state index contributed by atoms with van der Waals surface area (Å²) in [5.74, 6) is 0.155. The quantitative estimate of drug-likeness (QED) is 0.777. The summed E-state index contributed by atoms with van der Waals surface area (Å²) in [5.41, 5.74) is 5.66. The van der Waals surface area contributed by atoms with Crippen LogP contribution in [0.25, 0.3) is 0 Å². The number of hydrogen-bond acceptors (Lipinski definition) is 3. The van der Waals surface area contributed by atoms with Gasteiger partial charge in [-0.3, -0.25) is 4.79 Å². The first-order valence-electron chi connectivity index (χ1n) is 6.40. The van der Waals surface area contributed by atoms with Crippen molar-refractivity contribution in [3.8, 4) is 0 Å². The van der Waals surface area contributed by atoms with E-state index in [4.69, 9.17) is 10.5 Å². The molecular weight excluding hydrogens is 204 g/mol. The minimum absolute atomic E-state index is 0.155. The van der Waals surface area contributed by atoms with Gasteiger partial charge >= 0.3 is 0 Å². The van der Waals surface area contributed by atoms with E-state index in [2.05, 4.69) is 0 Å². The van der Waals surface area contributed by atoms with Gasteiger partial charge in [-0.2, -0.15) is 0 Å². The molecule has 1 saturated carbocycles. The number of amides is 1. The van der Waals surface area contributed by atoms with Crippen molar-refractivity contribution in [3.05, 3.63) is 0 Å². The summed E-state index contributed by atoms with van der Waals surface area (Å²) in [6.45, 7) is 2.07. The Bertz CT molecular complexity index is 231. The molecule has 16 heavy (non-hydrogen) atoms. The lowest BCUT2D eigenvalue weighted by atomic mass is 9.90. The summed E-state index contributed by atoms with van der Waals surface area (Å²) >= 11 is 0. The molecule has 2 N–H and O–H groups in total. The van der Waals surface area contributed by atoms with Crippen molar-refractivity contribution in [2.75, 3.05) is 19.7 Å². The van der Waals surface area contributed by atoms with Crippen LogP contribution in [0.2, 0.25) is 0 Å². The van der Waals surface area contributed by atoms with Gasteiger partial charge in [0, 0.05) is 19.1 Å². The number of nitrogens with zero attached hydrogens (tertiary/aromatic N) is 1. The number of carbonyl (C=O) groups excluding carboxylic acids is 1. The highest BCUT2D eigenvalue weighted by Gasteiger charge is 2.27. The van der Waals surface area contributed by atoms with E-state index in [1.54, 1.807) is 0 Å². The highest BCUT2D eigenvalue weighted by molar-refractivity contribution is 5.77. The summed E-state index contributed by atoms with van der Waals surface area (Å²) in [6.07, 6.45) is 6.83. The van der Waals surface area contributed by atoms with Crippen LogP contribution in [0, 0.1) is 0 Å². The van der Waals surface area contributed by atoms with Gasteiger partial charge < -0.3 is 15.4 Å². The van der Waals surface area contributed by atoms with E-state index >= 15 is 0 Å². The third-order valence-corrected chi connectivity index (χ3v) is 3.53. The third kappa shape index (κ3) is 3.19. The summed E-state index contributed by atoms with van der Waals surface area (Å²) in [4.78, 5) is 13.8.